The highest BCUT2D eigenvalue weighted by atomic mass is 16.5. The number of benzene rings is 1. The summed E-state index contributed by atoms with van der Waals surface area (Å²) in [6.45, 7) is 7.27. The second-order valence-electron chi connectivity index (χ2n) is 8.63. The zero-order valence-electron chi connectivity index (χ0n) is 19.5. The number of likely N-dealkylation sites (N-methyl/N-ethyl adjacent to an activating group) is 1. The molecule has 32 heavy (non-hydrogen) atoms. The number of hydrogen-bond acceptors (Lipinski definition) is 8. The average molecular weight is 442 g/mol. The molecule has 0 amide bonds. The lowest BCUT2D eigenvalue weighted by atomic mass is 10.1. The maximum absolute atomic E-state index is 5.94. The van der Waals surface area contributed by atoms with Crippen LogP contribution in [0.5, 0.6) is 11.5 Å². The first-order valence-corrected chi connectivity index (χ1v) is 11.4. The van der Waals surface area contributed by atoms with Crippen LogP contribution < -0.4 is 14.4 Å². The molecule has 0 spiro atoms. The second kappa shape index (κ2) is 10.9. The van der Waals surface area contributed by atoms with Gasteiger partial charge >= 0.3 is 0 Å². The number of ether oxygens (including phenoxy) is 3. The third kappa shape index (κ3) is 5.88. The fourth-order valence-corrected chi connectivity index (χ4v) is 4.36. The van der Waals surface area contributed by atoms with Crippen molar-refractivity contribution in [2.24, 2.45) is 0 Å². The second-order valence-corrected chi connectivity index (χ2v) is 8.63. The largest absolute Gasteiger partial charge is 0.493 e. The SMILES string of the molecule is COc1ccc(CN(Cc2ccnc(N3CCN(C)CC3)n2)C[C@@H]2CCCO2)cc1OC. The van der Waals surface area contributed by atoms with Crippen molar-refractivity contribution < 1.29 is 14.2 Å². The molecule has 2 saturated heterocycles. The van der Waals surface area contributed by atoms with Crippen LogP contribution in [-0.4, -0.2) is 86.5 Å². The number of methoxy groups -OCH3 is 2. The molecule has 1 aromatic carbocycles. The highest BCUT2D eigenvalue weighted by molar-refractivity contribution is 5.42. The maximum Gasteiger partial charge on any atom is 0.225 e. The van der Waals surface area contributed by atoms with Crippen LogP contribution in [0, 0.1) is 0 Å². The molecule has 1 atom stereocenters. The van der Waals surface area contributed by atoms with Gasteiger partial charge in [0.05, 0.1) is 26.0 Å². The smallest absolute Gasteiger partial charge is 0.225 e. The molecule has 2 fully saturated rings. The standard InChI is InChI=1S/C24H35N5O3/c1-27-10-12-29(13-11-27)24-25-9-8-20(26-24)17-28(18-21-5-4-14-32-21)16-19-6-7-22(30-2)23(15-19)31-3/h6-9,15,21H,4-5,10-14,16-18H2,1-3H3/t21-/m0/s1. The van der Waals surface area contributed by atoms with Crippen molar-refractivity contribution in [2.45, 2.75) is 32.0 Å². The van der Waals surface area contributed by atoms with Gasteiger partial charge < -0.3 is 24.0 Å². The Morgan fingerprint density at radius 3 is 2.59 bits per heavy atom. The van der Waals surface area contributed by atoms with E-state index in [0.717, 1.165) is 88.4 Å². The highest BCUT2D eigenvalue weighted by Gasteiger charge is 2.21. The van der Waals surface area contributed by atoms with Crippen molar-refractivity contribution in [1.82, 2.24) is 19.8 Å². The third-order valence-electron chi connectivity index (χ3n) is 6.21. The monoisotopic (exact) mass is 441 g/mol. The summed E-state index contributed by atoms with van der Waals surface area (Å²) in [7, 11) is 5.49. The first kappa shape index (κ1) is 22.8. The molecular weight excluding hydrogens is 406 g/mol. The number of piperazine rings is 1. The molecule has 0 unspecified atom stereocenters. The Balaban J connectivity index is 1.49. The number of nitrogens with zero attached hydrogens (tertiary/aromatic N) is 5. The molecule has 8 heteroatoms. The minimum Gasteiger partial charge on any atom is -0.493 e. The molecule has 0 N–H and O–H groups in total. The van der Waals surface area contributed by atoms with Crippen molar-refractivity contribution in [3.8, 4) is 11.5 Å². The van der Waals surface area contributed by atoms with Crippen molar-refractivity contribution in [2.75, 3.05) is 65.5 Å². The number of aromatic nitrogens is 2. The van der Waals surface area contributed by atoms with E-state index in [4.69, 9.17) is 19.2 Å². The average Bonchev–Trinajstić information content (AvgIpc) is 3.32. The Morgan fingerprint density at radius 2 is 1.88 bits per heavy atom. The first-order chi connectivity index (χ1) is 15.6. The van der Waals surface area contributed by atoms with Gasteiger partial charge in [0.1, 0.15) is 0 Å². The van der Waals surface area contributed by atoms with Crippen LogP contribution in [0.4, 0.5) is 5.95 Å². The van der Waals surface area contributed by atoms with Gasteiger partial charge in [0.2, 0.25) is 5.95 Å². The zero-order chi connectivity index (χ0) is 22.3. The van der Waals surface area contributed by atoms with E-state index in [1.54, 1.807) is 14.2 Å². The summed E-state index contributed by atoms with van der Waals surface area (Å²) in [6, 6.07) is 8.14. The lowest BCUT2D eigenvalue weighted by molar-refractivity contribution is 0.0674. The Bertz CT molecular complexity index is 866. The summed E-state index contributed by atoms with van der Waals surface area (Å²) in [5.74, 6) is 2.33. The summed E-state index contributed by atoms with van der Waals surface area (Å²) in [4.78, 5) is 16.5. The van der Waals surface area contributed by atoms with Gasteiger partial charge in [-0.05, 0) is 43.7 Å². The topological polar surface area (TPSA) is 63.2 Å². The summed E-state index contributed by atoms with van der Waals surface area (Å²) in [5, 5.41) is 0. The zero-order valence-corrected chi connectivity index (χ0v) is 19.5. The van der Waals surface area contributed by atoms with Crippen molar-refractivity contribution >= 4 is 5.95 Å². The van der Waals surface area contributed by atoms with Crippen LogP contribution in [0.1, 0.15) is 24.1 Å². The van der Waals surface area contributed by atoms with Crippen LogP contribution in [-0.2, 0) is 17.8 Å². The van der Waals surface area contributed by atoms with Crippen molar-refractivity contribution in [3.63, 3.8) is 0 Å². The van der Waals surface area contributed by atoms with Gasteiger partial charge in [-0.3, -0.25) is 4.90 Å². The fraction of sp³-hybridized carbons (Fsp3) is 0.583. The molecule has 0 bridgehead atoms. The molecule has 2 aromatic rings. The lowest BCUT2D eigenvalue weighted by Crippen LogP contribution is -2.45. The van der Waals surface area contributed by atoms with Crippen LogP contribution >= 0.6 is 0 Å². The van der Waals surface area contributed by atoms with Crippen LogP contribution in [0.15, 0.2) is 30.5 Å². The normalized spacial score (nSPS) is 19.5. The first-order valence-electron chi connectivity index (χ1n) is 11.4. The van der Waals surface area contributed by atoms with E-state index >= 15 is 0 Å². The van der Waals surface area contributed by atoms with E-state index in [-0.39, 0.29) is 6.10 Å². The summed E-state index contributed by atoms with van der Waals surface area (Å²) in [6.07, 6.45) is 4.40. The van der Waals surface area contributed by atoms with Crippen molar-refractivity contribution in [3.05, 3.63) is 41.7 Å². The van der Waals surface area contributed by atoms with Gasteiger partial charge in [-0.15, -0.1) is 0 Å². The number of anilines is 1. The summed E-state index contributed by atoms with van der Waals surface area (Å²) in [5.41, 5.74) is 2.21. The van der Waals surface area contributed by atoms with E-state index < -0.39 is 0 Å². The Hall–Kier alpha value is -2.42. The summed E-state index contributed by atoms with van der Waals surface area (Å²) < 4.78 is 16.8. The third-order valence-corrected chi connectivity index (χ3v) is 6.21. The highest BCUT2D eigenvalue weighted by Crippen LogP contribution is 2.28. The molecule has 174 valence electrons. The molecule has 0 aliphatic carbocycles. The minimum absolute atomic E-state index is 0.272. The van der Waals surface area contributed by atoms with Gasteiger partial charge in [0, 0.05) is 58.6 Å². The predicted octanol–water partition coefficient (Wildman–Crippen LogP) is 2.43. The molecule has 0 saturated carbocycles. The number of hydrogen-bond donors (Lipinski definition) is 0. The lowest BCUT2D eigenvalue weighted by Gasteiger charge is -2.32. The summed E-state index contributed by atoms with van der Waals surface area (Å²) >= 11 is 0. The minimum atomic E-state index is 0.272. The van der Waals surface area contributed by atoms with Crippen LogP contribution in [0.3, 0.4) is 0 Å². The molecule has 4 rings (SSSR count). The van der Waals surface area contributed by atoms with E-state index in [0.29, 0.717) is 0 Å². The Labute approximate surface area is 191 Å². The molecule has 1 aromatic heterocycles. The molecular formula is C24H35N5O3. The Morgan fingerprint density at radius 1 is 1.06 bits per heavy atom. The van der Waals surface area contributed by atoms with Gasteiger partial charge in [-0.25, -0.2) is 9.97 Å². The molecule has 3 heterocycles. The van der Waals surface area contributed by atoms with Gasteiger partial charge in [-0.1, -0.05) is 6.07 Å². The molecule has 2 aliphatic heterocycles. The van der Waals surface area contributed by atoms with E-state index in [1.807, 2.05) is 18.3 Å². The molecule has 0 radical (unpaired) electrons. The maximum atomic E-state index is 5.94. The van der Waals surface area contributed by atoms with Gasteiger partial charge in [0.15, 0.2) is 11.5 Å². The molecule has 8 nitrogen and oxygen atoms in total. The van der Waals surface area contributed by atoms with Crippen LogP contribution in [0.2, 0.25) is 0 Å². The van der Waals surface area contributed by atoms with E-state index in [1.165, 1.54) is 5.56 Å². The van der Waals surface area contributed by atoms with Gasteiger partial charge in [-0.2, -0.15) is 0 Å². The molecule has 2 aliphatic rings. The van der Waals surface area contributed by atoms with Crippen LogP contribution in [0.25, 0.3) is 0 Å². The van der Waals surface area contributed by atoms with E-state index in [2.05, 4.69) is 38.9 Å². The van der Waals surface area contributed by atoms with E-state index in [9.17, 15) is 0 Å². The fourth-order valence-electron chi connectivity index (χ4n) is 4.36. The Kier molecular flexibility index (Phi) is 7.78. The van der Waals surface area contributed by atoms with Crippen molar-refractivity contribution in [1.29, 1.82) is 0 Å². The quantitative estimate of drug-likeness (QED) is 0.588. The number of rotatable bonds is 9. The van der Waals surface area contributed by atoms with Gasteiger partial charge in [0.25, 0.3) is 0 Å². The predicted molar refractivity (Wildman–Crippen MR) is 124 cm³/mol.